The molecule has 2 fully saturated rings. The minimum atomic E-state index is -0.215. The molecule has 98 valence electrons. The predicted molar refractivity (Wildman–Crippen MR) is 67.6 cm³/mol. The van der Waals surface area contributed by atoms with E-state index in [1.165, 1.54) is 25.7 Å². The van der Waals surface area contributed by atoms with Gasteiger partial charge >= 0.3 is 0 Å². The van der Waals surface area contributed by atoms with Gasteiger partial charge in [0.15, 0.2) is 0 Å². The zero-order valence-electron chi connectivity index (χ0n) is 10.9. The molecule has 0 radical (unpaired) electrons. The standard InChI is InChI=1S/C14H25NO2/c1-11-10-15(9-8-13(11)16)14(17)12-6-4-2-3-5-7-12/h11-13,16H,2-10H2,1H3. The largest absolute Gasteiger partial charge is 0.393 e. The van der Waals surface area contributed by atoms with Gasteiger partial charge in [0.1, 0.15) is 0 Å². The monoisotopic (exact) mass is 239 g/mol. The Kier molecular flexibility index (Phi) is 4.43. The third-order valence-electron chi connectivity index (χ3n) is 4.38. The Morgan fingerprint density at radius 1 is 1.12 bits per heavy atom. The van der Waals surface area contributed by atoms with Crippen molar-refractivity contribution < 1.29 is 9.90 Å². The lowest BCUT2D eigenvalue weighted by atomic mass is 9.93. The number of aliphatic hydroxyl groups is 1. The molecule has 1 aliphatic heterocycles. The molecule has 0 spiro atoms. The Morgan fingerprint density at radius 3 is 2.35 bits per heavy atom. The molecule has 2 atom stereocenters. The van der Waals surface area contributed by atoms with Crippen molar-refractivity contribution in [3.63, 3.8) is 0 Å². The fourth-order valence-electron chi connectivity index (χ4n) is 3.12. The van der Waals surface area contributed by atoms with E-state index in [4.69, 9.17) is 0 Å². The van der Waals surface area contributed by atoms with E-state index in [2.05, 4.69) is 0 Å². The second-order valence-electron chi connectivity index (χ2n) is 5.81. The molecule has 3 nitrogen and oxygen atoms in total. The molecular weight excluding hydrogens is 214 g/mol. The minimum Gasteiger partial charge on any atom is -0.393 e. The summed E-state index contributed by atoms with van der Waals surface area (Å²) in [5, 5.41) is 9.69. The van der Waals surface area contributed by atoms with Crippen LogP contribution < -0.4 is 0 Å². The van der Waals surface area contributed by atoms with E-state index >= 15 is 0 Å². The van der Waals surface area contributed by atoms with E-state index in [1.54, 1.807) is 0 Å². The molecule has 1 aliphatic carbocycles. The number of rotatable bonds is 1. The van der Waals surface area contributed by atoms with Gasteiger partial charge in [0.2, 0.25) is 5.91 Å². The van der Waals surface area contributed by atoms with Crippen LogP contribution in [0.5, 0.6) is 0 Å². The number of piperidine rings is 1. The second kappa shape index (κ2) is 5.85. The SMILES string of the molecule is CC1CN(C(=O)C2CCCCCC2)CCC1O. The lowest BCUT2D eigenvalue weighted by Gasteiger charge is -2.36. The average Bonchev–Trinajstić information content (AvgIpc) is 2.60. The predicted octanol–water partition coefficient (Wildman–Crippen LogP) is 2.19. The third-order valence-corrected chi connectivity index (χ3v) is 4.38. The Balaban J connectivity index is 1.90. The first-order valence-electron chi connectivity index (χ1n) is 7.15. The van der Waals surface area contributed by atoms with Crippen LogP contribution >= 0.6 is 0 Å². The zero-order chi connectivity index (χ0) is 12.3. The van der Waals surface area contributed by atoms with Gasteiger partial charge in [-0.25, -0.2) is 0 Å². The van der Waals surface area contributed by atoms with Gasteiger partial charge in [-0.1, -0.05) is 32.6 Å². The molecule has 0 aromatic carbocycles. The van der Waals surface area contributed by atoms with Gasteiger partial charge in [0.05, 0.1) is 6.10 Å². The normalized spacial score (nSPS) is 32.2. The first-order valence-corrected chi connectivity index (χ1v) is 7.15. The third kappa shape index (κ3) is 3.21. The molecular formula is C14H25NO2. The van der Waals surface area contributed by atoms with Crippen LogP contribution in [0.1, 0.15) is 51.9 Å². The molecule has 17 heavy (non-hydrogen) atoms. The van der Waals surface area contributed by atoms with Crippen molar-refractivity contribution in [2.75, 3.05) is 13.1 Å². The second-order valence-corrected chi connectivity index (χ2v) is 5.81. The molecule has 1 N–H and O–H groups in total. The van der Waals surface area contributed by atoms with Crippen LogP contribution in [0.2, 0.25) is 0 Å². The molecule has 1 saturated heterocycles. The van der Waals surface area contributed by atoms with E-state index in [0.717, 1.165) is 32.4 Å². The van der Waals surface area contributed by atoms with E-state index < -0.39 is 0 Å². The number of hydrogen-bond acceptors (Lipinski definition) is 2. The van der Waals surface area contributed by atoms with Crippen LogP contribution in [-0.4, -0.2) is 35.1 Å². The Hall–Kier alpha value is -0.570. The maximum absolute atomic E-state index is 12.4. The average molecular weight is 239 g/mol. The van der Waals surface area contributed by atoms with Crippen molar-refractivity contribution in [1.82, 2.24) is 4.90 Å². The molecule has 0 aromatic heterocycles. The molecule has 1 heterocycles. The topological polar surface area (TPSA) is 40.5 Å². The van der Waals surface area contributed by atoms with Crippen molar-refractivity contribution in [1.29, 1.82) is 0 Å². The summed E-state index contributed by atoms with van der Waals surface area (Å²) in [6.07, 6.45) is 7.69. The summed E-state index contributed by atoms with van der Waals surface area (Å²) in [6.45, 7) is 3.54. The molecule has 2 aliphatic rings. The maximum Gasteiger partial charge on any atom is 0.225 e. The quantitative estimate of drug-likeness (QED) is 0.713. The number of amides is 1. The van der Waals surface area contributed by atoms with Crippen LogP contribution in [0.15, 0.2) is 0 Å². The van der Waals surface area contributed by atoms with Gasteiger partial charge in [0, 0.05) is 19.0 Å². The number of hydrogen-bond donors (Lipinski definition) is 1. The Bertz CT molecular complexity index is 259. The molecule has 3 heteroatoms. The summed E-state index contributed by atoms with van der Waals surface area (Å²) < 4.78 is 0. The lowest BCUT2D eigenvalue weighted by Crippen LogP contribution is -2.47. The highest BCUT2D eigenvalue weighted by molar-refractivity contribution is 5.79. The van der Waals surface area contributed by atoms with Gasteiger partial charge in [-0.05, 0) is 25.2 Å². The van der Waals surface area contributed by atoms with E-state index in [9.17, 15) is 9.90 Å². The molecule has 2 unspecified atom stereocenters. The van der Waals surface area contributed by atoms with Gasteiger partial charge in [0.25, 0.3) is 0 Å². The fraction of sp³-hybridized carbons (Fsp3) is 0.929. The Labute approximate surface area is 104 Å². The summed E-state index contributed by atoms with van der Waals surface area (Å²) >= 11 is 0. The van der Waals surface area contributed by atoms with Crippen LogP contribution in [0.3, 0.4) is 0 Å². The van der Waals surface area contributed by atoms with Gasteiger partial charge in [-0.3, -0.25) is 4.79 Å². The van der Waals surface area contributed by atoms with Crippen LogP contribution in [-0.2, 0) is 4.79 Å². The van der Waals surface area contributed by atoms with Gasteiger partial charge < -0.3 is 10.0 Å². The molecule has 0 bridgehead atoms. The smallest absolute Gasteiger partial charge is 0.225 e. The number of aliphatic hydroxyl groups excluding tert-OH is 1. The highest BCUT2D eigenvalue weighted by Crippen LogP contribution is 2.26. The van der Waals surface area contributed by atoms with Crippen molar-refractivity contribution in [3.05, 3.63) is 0 Å². The molecule has 1 saturated carbocycles. The maximum atomic E-state index is 12.4. The number of carbonyl (C=O) groups excluding carboxylic acids is 1. The van der Waals surface area contributed by atoms with E-state index in [0.29, 0.717) is 5.91 Å². The first-order chi connectivity index (χ1) is 8.18. The summed E-state index contributed by atoms with van der Waals surface area (Å²) in [5.41, 5.74) is 0. The van der Waals surface area contributed by atoms with Crippen molar-refractivity contribution >= 4 is 5.91 Å². The summed E-state index contributed by atoms with van der Waals surface area (Å²) in [4.78, 5) is 14.4. The summed E-state index contributed by atoms with van der Waals surface area (Å²) in [6, 6.07) is 0. The van der Waals surface area contributed by atoms with Crippen molar-refractivity contribution in [2.45, 2.75) is 58.0 Å². The lowest BCUT2D eigenvalue weighted by molar-refractivity contribution is -0.139. The fourth-order valence-corrected chi connectivity index (χ4v) is 3.12. The van der Waals surface area contributed by atoms with Crippen LogP contribution in [0.25, 0.3) is 0 Å². The van der Waals surface area contributed by atoms with Gasteiger partial charge in [-0.15, -0.1) is 0 Å². The van der Waals surface area contributed by atoms with Crippen molar-refractivity contribution in [3.8, 4) is 0 Å². The zero-order valence-corrected chi connectivity index (χ0v) is 10.9. The number of likely N-dealkylation sites (tertiary alicyclic amines) is 1. The minimum absolute atomic E-state index is 0.215. The highest BCUT2D eigenvalue weighted by atomic mass is 16.3. The van der Waals surface area contributed by atoms with E-state index in [1.807, 2.05) is 11.8 Å². The first kappa shape index (κ1) is 12.9. The Morgan fingerprint density at radius 2 is 1.76 bits per heavy atom. The molecule has 0 aromatic rings. The molecule has 1 amide bonds. The summed E-state index contributed by atoms with van der Waals surface area (Å²) in [5.74, 6) is 0.851. The van der Waals surface area contributed by atoms with Crippen molar-refractivity contribution in [2.24, 2.45) is 11.8 Å². The number of carbonyl (C=O) groups is 1. The van der Waals surface area contributed by atoms with E-state index in [-0.39, 0.29) is 17.9 Å². The molecule has 2 rings (SSSR count). The number of nitrogens with zero attached hydrogens (tertiary/aromatic N) is 1. The van der Waals surface area contributed by atoms with Crippen LogP contribution in [0.4, 0.5) is 0 Å². The van der Waals surface area contributed by atoms with Gasteiger partial charge in [-0.2, -0.15) is 0 Å². The highest BCUT2D eigenvalue weighted by Gasteiger charge is 2.31. The summed E-state index contributed by atoms with van der Waals surface area (Å²) in [7, 11) is 0. The van der Waals surface area contributed by atoms with Crippen LogP contribution in [0, 0.1) is 11.8 Å².